The van der Waals surface area contributed by atoms with E-state index in [2.05, 4.69) is 30.5 Å². The number of hydrogen-bond acceptors (Lipinski definition) is 2. The third kappa shape index (κ3) is 3.88. The van der Waals surface area contributed by atoms with Gasteiger partial charge in [-0.05, 0) is 74.6 Å². The zero-order chi connectivity index (χ0) is 20.7. The number of fused-ring (bicyclic) bond motifs is 1. The van der Waals surface area contributed by atoms with Crippen LogP contribution < -0.4 is 0 Å². The fourth-order valence-electron chi connectivity index (χ4n) is 4.10. The highest BCUT2D eigenvalue weighted by Gasteiger charge is 2.28. The zero-order valence-electron chi connectivity index (χ0n) is 17.0. The van der Waals surface area contributed by atoms with E-state index in [4.69, 9.17) is 28.2 Å². The summed E-state index contributed by atoms with van der Waals surface area (Å²) < 4.78 is 2.09. The van der Waals surface area contributed by atoms with Gasteiger partial charge in [0.25, 0.3) is 0 Å². The summed E-state index contributed by atoms with van der Waals surface area (Å²) in [5, 5.41) is 1.22. The number of likely N-dealkylation sites (tertiary alicyclic amines) is 1. The lowest BCUT2D eigenvalue weighted by molar-refractivity contribution is -0.133. The Morgan fingerprint density at radius 1 is 1.10 bits per heavy atom. The van der Waals surface area contributed by atoms with E-state index in [1.165, 1.54) is 11.1 Å². The Bertz CT molecular complexity index is 1080. The standard InChI is InChI=1S/C23H25Cl2N3O/c1-14-10-20-21(11-15(14)2)28(16(3)23(29)27-8-4-5-9-27)22(26-20)12-17-6-7-18(24)13-19(17)25/h6-7,10-11,13,16H,4-5,8-9,12H2,1-3H3/t16-/m1/s1. The van der Waals surface area contributed by atoms with E-state index in [9.17, 15) is 4.79 Å². The first-order valence-electron chi connectivity index (χ1n) is 10.1. The monoisotopic (exact) mass is 429 g/mol. The van der Waals surface area contributed by atoms with Gasteiger partial charge in [0.2, 0.25) is 5.91 Å². The van der Waals surface area contributed by atoms with Gasteiger partial charge in [0, 0.05) is 29.6 Å². The molecule has 0 radical (unpaired) electrons. The molecule has 29 heavy (non-hydrogen) atoms. The van der Waals surface area contributed by atoms with Crippen LogP contribution in [0.1, 0.15) is 48.3 Å². The largest absolute Gasteiger partial charge is 0.341 e. The summed E-state index contributed by atoms with van der Waals surface area (Å²) in [6.45, 7) is 7.83. The molecule has 4 nitrogen and oxygen atoms in total. The molecule has 4 rings (SSSR count). The average Bonchev–Trinajstić information content (AvgIpc) is 3.31. The summed E-state index contributed by atoms with van der Waals surface area (Å²) >= 11 is 12.5. The molecule has 0 saturated carbocycles. The molecule has 0 aliphatic carbocycles. The second kappa shape index (κ2) is 8.00. The molecule has 1 saturated heterocycles. The van der Waals surface area contributed by atoms with E-state index in [1.54, 1.807) is 6.07 Å². The minimum absolute atomic E-state index is 0.156. The molecule has 1 aliphatic rings. The lowest BCUT2D eigenvalue weighted by Gasteiger charge is -2.23. The second-order valence-electron chi connectivity index (χ2n) is 7.94. The van der Waals surface area contributed by atoms with E-state index < -0.39 is 0 Å². The Morgan fingerprint density at radius 2 is 1.79 bits per heavy atom. The van der Waals surface area contributed by atoms with Crippen molar-refractivity contribution in [1.29, 1.82) is 0 Å². The van der Waals surface area contributed by atoms with Crippen molar-refractivity contribution < 1.29 is 4.79 Å². The van der Waals surface area contributed by atoms with Crippen LogP contribution in [0.2, 0.25) is 10.0 Å². The van der Waals surface area contributed by atoms with Gasteiger partial charge in [-0.3, -0.25) is 4.79 Å². The highest BCUT2D eigenvalue weighted by Crippen LogP contribution is 2.29. The number of rotatable bonds is 4. The normalized spacial score (nSPS) is 15.3. The SMILES string of the molecule is Cc1cc2nc(Cc3ccc(Cl)cc3Cl)n([C@H](C)C(=O)N3CCCC3)c2cc1C. The molecular weight excluding hydrogens is 405 g/mol. The van der Waals surface area contributed by atoms with E-state index >= 15 is 0 Å². The number of halogens is 2. The van der Waals surface area contributed by atoms with Crippen LogP contribution in [0.25, 0.3) is 11.0 Å². The number of aromatic nitrogens is 2. The number of carbonyl (C=O) groups is 1. The van der Waals surface area contributed by atoms with Crippen molar-refractivity contribution in [3.05, 3.63) is 62.9 Å². The summed E-state index contributed by atoms with van der Waals surface area (Å²) in [7, 11) is 0. The molecule has 0 spiro atoms. The molecular formula is C23H25Cl2N3O. The number of benzene rings is 2. The van der Waals surface area contributed by atoms with E-state index in [0.717, 1.165) is 48.4 Å². The molecule has 6 heteroatoms. The number of aryl methyl sites for hydroxylation is 2. The smallest absolute Gasteiger partial charge is 0.245 e. The number of amides is 1. The number of hydrogen-bond donors (Lipinski definition) is 0. The summed E-state index contributed by atoms with van der Waals surface area (Å²) in [6.07, 6.45) is 2.70. The third-order valence-electron chi connectivity index (χ3n) is 5.90. The number of imidazole rings is 1. The molecule has 2 heterocycles. The van der Waals surface area contributed by atoms with Crippen LogP contribution in [0.15, 0.2) is 30.3 Å². The number of carbonyl (C=O) groups excluding carboxylic acids is 1. The van der Waals surface area contributed by atoms with E-state index in [-0.39, 0.29) is 11.9 Å². The Kier molecular flexibility index (Phi) is 5.58. The Hall–Kier alpha value is -2.04. The Balaban J connectivity index is 1.82. The topological polar surface area (TPSA) is 38.1 Å². The lowest BCUT2D eigenvalue weighted by atomic mass is 10.1. The van der Waals surface area contributed by atoms with Gasteiger partial charge >= 0.3 is 0 Å². The Morgan fingerprint density at radius 3 is 2.48 bits per heavy atom. The first kappa shape index (κ1) is 20.2. The van der Waals surface area contributed by atoms with Crippen molar-refractivity contribution in [3.63, 3.8) is 0 Å². The van der Waals surface area contributed by atoms with Crippen LogP contribution >= 0.6 is 23.2 Å². The van der Waals surface area contributed by atoms with Gasteiger partial charge in [-0.1, -0.05) is 29.3 Å². The summed E-state index contributed by atoms with van der Waals surface area (Å²) in [6, 6.07) is 9.43. The molecule has 1 aromatic heterocycles. The average molecular weight is 430 g/mol. The van der Waals surface area contributed by atoms with Crippen LogP contribution in [0.5, 0.6) is 0 Å². The van der Waals surface area contributed by atoms with Crippen molar-refractivity contribution in [2.24, 2.45) is 0 Å². The maximum Gasteiger partial charge on any atom is 0.245 e. The van der Waals surface area contributed by atoms with Crippen LogP contribution in [-0.4, -0.2) is 33.4 Å². The fourth-order valence-corrected chi connectivity index (χ4v) is 4.58. The van der Waals surface area contributed by atoms with E-state index in [0.29, 0.717) is 16.5 Å². The maximum absolute atomic E-state index is 13.2. The predicted molar refractivity (Wildman–Crippen MR) is 119 cm³/mol. The summed E-state index contributed by atoms with van der Waals surface area (Å²) in [4.78, 5) is 20.1. The van der Waals surface area contributed by atoms with Gasteiger partial charge in [-0.15, -0.1) is 0 Å². The third-order valence-corrected chi connectivity index (χ3v) is 6.49. The highest BCUT2D eigenvalue weighted by molar-refractivity contribution is 6.35. The van der Waals surface area contributed by atoms with E-state index in [1.807, 2.05) is 24.0 Å². The van der Waals surface area contributed by atoms with Crippen LogP contribution in [0, 0.1) is 13.8 Å². The molecule has 0 N–H and O–H groups in total. The number of nitrogens with zero attached hydrogens (tertiary/aromatic N) is 3. The van der Waals surface area contributed by atoms with Crippen LogP contribution in [0.4, 0.5) is 0 Å². The quantitative estimate of drug-likeness (QED) is 0.530. The van der Waals surface area contributed by atoms with Crippen molar-refractivity contribution >= 4 is 40.1 Å². The minimum atomic E-state index is -0.318. The predicted octanol–water partition coefficient (Wildman–Crippen LogP) is 5.73. The summed E-state index contributed by atoms with van der Waals surface area (Å²) in [5.74, 6) is 0.998. The van der Waals surface area contributed by atoms with Crippen molar-refractivity contribution in [3.8, 4) is 0 Å². The van der Waals surface area contributed by atoms with Crippen molar-refractivity contribution in [1.82, 2.24) is 14.5 Å². The van der Waals surface area contributed by atoms with Gasteiger partial charge in [0.05, 0.1) is 11.0 Å². The van der Waals surface area contributed by atoms with Crippen LogP contribution in [0.3, 0.4) is 0 Å². The van der Waals surface area contributed by atoms with Gasteiger partial charge in [-0.2, -0.15) is 0 Å². The highest BCUT2D eigenvalue weighted by atomic mass is 35.5. The minimum Gasteiger partial charge on any atom is -0.341 e. The zero-order valence-corrected chi connectivity index (χ0v) is 18.5. The molecule has 1 aliphatic heterocycles. The fraction of sp³-hybridized carbons (Fsp3) is 0.391. The van der Waals surface area contributed by atoms with Crippen LogP contribution in [-0.2, 0) is 11.2 Å². The maximum atomic E-state index is 13.2. The molecule has 2 aromatic carbocycles. The molecule has 3 aromatic rings. The van der Waals surface area contributed by atoms with Gasteiger partial charge in [0.15, 0.2) is 0 Å². The molecule has 0 unspecified atom stereocenters. The molecule has 152 valence electrons. The second-order valence-corrected chi connectivity index (χ2v) is 8.79. The molecule has 0 bridgehead atoms. The molecule has 1 fully saturated rings. The molecule has 1 atom stereocenters. The van der Waals surface area contributed by atoms with Crippen molar-refractivity contribution in [2.75, 3.05) is 13.1 Å². The molecule has 1 amide bonds. The Labute approximate surface area is 181 Å². The van der Waals surface area contributed by atoms with Crippen molar-refractivity contribution in [2.45, 2.75) is 46.1 Å². The summed E-state index contributed by atoms with van der Waals surface area (Å²) in [5.41, 5.74) is 5.23. The van der Waals surface area contributed by atoms with Gasteiger partial charge in [-0.25, -0.2) is 4.98 Å². The van der Waals surface area contributed by atoms with Gasteiger partial charge < -0.3 is 9.47 Å². The first-order chi connectivity index (χ1) is 13.8. The van der Waals surface area contributed by atoms with Gasteiger partial charge in [0.1, 0.15) is 11.9 Å². The lowest BCUT2D eigenvalue weighted by Crippen LogP contribution is -2.34. The first-order valence-corrected chi connectivity index (χ1v) is 10.8.